The molecule has 1 aliphatic carbocycles. The standard InChI is InChI=1S/C17H21NO3S2/c1-17(2)8-10-12(13(20)11(17)9-19)16(22-3)23-14(10)15(21)18-6-4-5-7-18/h9,19H,4-8H2,1-3H3/b11-9-. The third kappa shape index (κ3) is 2.62. The maximum atomic E-state index is 12.9. The molecule has 1 aliphatic heterocycles. The highest BCUT2D eigenvalue weighted by atomic mass is 32.2. The van der Waals surface area contributed by atoms with E-state index in [0.717, 1.165) is 42.0 Å². The number of rotatable bonds is 2. The van der Waals surface area contributed by atoms with Crippen molar-refractivity contribution in [2.24, 2.45) is 5.41 Å². The molecule has 0 saturated carbocycles. The van der Waals surface area contributed by atoms with Crippen LogP contribution >= 0.6 is 23.1 Å². The fourth-order valence-corrected chi connectivity index (χ4v) is 5.45. The molecule has 2 heterocycles. The van der Waals surface area contributed by atoms with Gasteiger partial charge in [0.15, 0.2) is 5.78 Å². The van der Waals surface area contributed by atoms with Crippen molar-refractivity contribution in [2.45, 2.75) is 37.3 Å². The van der Waals surface area contributed by atoms with Gasteiger partial charge >= 0.3 is 0 Å². The molecular formula is C17H21NO3S2. The maximum Gasteiger partial charge on any atom is 0.264 e. The number of ketones is 1. The van der Waals surface area contributed by atoms with E-state index < -0.39 is 5.41 Å². The van der Waals surface area contributed by atoms with Crippen molar-refractivity contribution in [3.8, 4) is 0 Å². The lowest BCUT2D eigenvalue weighted by Crippen LogP contribution is -2.33. The van der Waals surface area contributed by atoms with Gasteiger partial charge in [-0.2, -0.15) is 0 Å². The number of likely N-dealkylation sites (tertiary alicyclic amines) is 1. The molecule has 0 bridgehead atoms. The fraction of sp³-hybridized carbons (Fsp3) is 0.529. The summed E-state index contributed by atoms with van der Waals surface area (Å²) in [5, 5.41) is 9.51. The molecule has 1 saturated heterocycles. The molecule has 6 heteroatoms. The molecule has 0 radical (unpaired) electrons. The summed E-state index contributed by atoms with van der Waals surface area (Å²) in [4.78, 5) is 28.3. The Balaban J connectivity index is 2.12. The number of aliphatic hydroxyl groups is 1. The highest BCUT2D eigenvalue weighted by molar-refractivity contribution is 8.00. The number of thioether (sulfide) groups is 1. The summed E-state index contributed by atoms with van der Waals surface area (Å²) in [5.74, 6) is -0.0797. The Kier molecular flexibility index (Phi) is 4.31. The summed E-state index contributed by atoms with van der Waals surface area (Å²) in [6, 6.07) is 0. The number of allylic oxidation sites excluding steroid dienone is 1. The average Bonchev–Trinajstić information content (AvgIpc) is 3.13. The average molecular weight is 351 g/mol. The Morgan fingerprint density at radius 1 is 1.35 bits per heavy atom. The van der Waals surface area contributed by atoms with Gasteiger partial charge in [0.1, 0.15) is 0 Å². The molecule has 1 fully saturated rings. The van der Waals surface area contributed by atoms with Crippen LogP contribution in [0.3, 0.4) is 0 Å². The zero-order valence-corrected chi connectivity index (χ0v) is 15.3. The predicted octanol–water partition coefficient (Wildman–Crippen LogP) is 3.91. The molecule has 4 nitrogen and oxygen atoms in total. The first-order valence-electron chi connectivity index (χ1n) is 7.79. The lowest BCUT2D eigenvalue weighted by molar-refractivity contribution is 0.0796. The van der Waals surface area contributed by atoms with Crippen molar-refractivity contribution in [1.82, 2.24) is 4.90 Å². The first-order chi connectivity index (χ1) is 10.9. The molecule has 0 unspecified atom stereocenters. The molecule has 3 rings (SSSR count). The number of fused-ring (bicyclic) bond motifs is 1. The number of carbonyl (C=O) groups excluding carboxylic acids is 2. The maximum absolute atomic E-state index is 12.9. The summed E-state index contributed by atoms with van der Waals surface area (Å²) in [5.41, 5.74) is 1.47. The quantitative estimate of drug-likeness (QED) is 0.498. The van der Waals surface area contributed by atoms with Crippen LogP contribution in [-0.2, 0) is 6.42 Å². The summed E-state index contributed by atoms with van der Waals surface area (Å²) >= 11 is 2.93. The van der Waals surface area contributed by atoms with Crippen LogP contribution in [0.15, 0.2) is 16.0 Å². The van der Waals surface area contributed by atoms with Crippen molar-refractivity contribution in [3.05, 3.63) is 27.8 Å². The van der Waals surface area contributed by atoms with E-state index in [1.807, 2.05) is 25.0 Å². The fourth-order valence-electron chi connectivity index (χ4n) is 3.43. The third-order valence-corrected chi connectivity index (χ3v) is 7.04. The van der Waals surface area contributed by atoms with Crippen molar-refractivity contribution in [3.63, 3.8) is 0 Å². The third-order valence-electron chi connectivity index (χ3n) is 4.70. The van der Waals surface area contributed by atoms with Crippen LogP contribution in [0.1, 0.15) is 52.3 Å². The lowest BCUT2D eigenvalue weighted by Gasteiger charge is -2.32. The Morgan fingerprint density at radius 2 is 2.00 bits per heavy atom. The van der Waals surface area contributed by atoms with Gasteiger partial charge in [0.2, 0.25) is 0 Å². The van der Waals surface area contributed by atoms with Crippen LogP contribution in [0.2, 0.25) is 0 Å². The topological polar surface area (TPSA) is 57.6 Å². The second-order valence-electron chi connectivity index (χ2n) is 6.71. The first-order valence-corrected chi connectivity index (χ1v) is 9.83. The van der Waals surface area contributed by atoms with E-state index >= 15 is 0 Å². The number of Topliss-reactive ketones (excluding diaryl/α,β-unsaturated/α-hetero) is 1. The molecular weight excluding hydrogens is 330 g/mol. The van der Waals surface area contributed by atoms with Gasteiger partial charge in [-0.25, -0.2) is 0 Å². The Labute approximate surface area is 144 Å². The number of hydrogen-bond acceptors (Lipinski definition) is 5. The van der Waals surface area contributed by atoms with E-state index in [1.54, 1.807) is 0 Å². The molecule has 2 aliphatic rings. The van der Waals surface area contributed by atoms with Crippen LogP contribution in [-0.4, -0.2) is 41.0 Å². The summed E-state index contributed by atoms with van der Waals surface area (Å²) in [6.07, 6.45) is 5.57. The number of amides is 1. The zero-order chi connectivity index (χ0) is 16.8. The number of aliphatic hydroxyl groups excluding tert-OH is 1. The van der Waals surface area contributed by atoms with Crippen molar-refractivity contribution in [2.75, 3.05) is 19.3 Å². The Hall–Kier alpha value is -1.27. The molecule has 124 valence electrons. The van der Waals surface area contributed by atoms with Crippen molar-refractivity contribution >= 4 is 34.8 Å². The normalized spacial score (nSPS) is 21.8. The number of carbonyl (C=O) groups is 2. The van der Waals surface area contributed by atoms with E-state index in [2.05, 4.69) is 0 Å². The van der Waals surface area contributed by atoms with Gasteiger partial charge in [0.05, 0.1) is 20.9 Å². The van der Waals surface area contributed by atoms with Crippen molar-refractivity contribution in [1.29, 1.82) is 0 Å². The van der Waals surface area contributed by atoms with Crippen LogP contribution in [0, 0.1) is 5.41 Å². The lowest BCUT2D eigenvalue weighted by atomic mass is 9.71. The van der Waals surface area contributed by atoms with Crippen LogP contribution in [0.5, 0.6) is 0 Å². The van der Waals surface area contributed by atoms with Gasteiger partial charge in [-0.15, -0.1) is 23.1 Å². The van der Waals surface area contributed by atoms with E-state index in [4.69, 9.17) is 0 Å². The molecule has 23 heavy (non-hydrogen) atoms. The van der Waals surface area contributed by atoms with Gasteiger partial charge in [-0.1, -0.05) is 13.8 Å². The smallest absolute Gasteiger partial charge is 0.264 e. The molecule has 1 N–H and O–H groups in total. The monoisotopic (exact) mass is 351 g/mol. The van der Waals surface area contributed by atoms with Gasteiger partial charge in [0.25, 0.3) is 5.91 Å². The summed E-state index contributed by atoms with van der Waals surface area (Å²) in [6.45, 7) is 5.49. The molecule has 0 spiro atoms. The SMILES string of the molecule is CSc1sc(C(=O)N2CCCC2)c2c1C(=O)/C(=C/O)C(C)(C)C2. The summed E-state index contributed by atoms with van der Waals surface area (Å²) in [7, 11) is 0. The highest BCUT2D eigenvalue weighted by Crippen LogP contribution is 2.47. The molecule has 1 aromatic heterocycles. The number of hydrogen-bond donors (Lipinski definition) is 1. The van der Waals surface area contributed by atoms with E-state index in [-0.39, 0.29) is 11.7 Å². The van der Waals surface area contributed by atoms with Crippen molar-refractivity contribution < 1.29 is 14.7 Å². The minimum atomic E-state index is -0.463. The number of thiophene rings is 1. The largest absolute Gasteiger partial charge is 0.515 e. The van der Waals surface area contributed by atoms with Gasteiger partial charge in [0, 0.05) is 24.1 Å². The first kappa shape index (κ1) is 16.6. The Bertz CT molecular complexity index is 697. The molecule has 0 aromatic carbocycles. The molecule has 1 amide bonds. The second kappa shape index (κ2) is 5.98. The second-order valence-corrected chi connectivity index (χ2v) is 8.80. The minimum absolute atomic E-state index is 0.0593. The van der Waals surface area contributed by atoms with E-state index in [0.29, 0.717) is 22.4 Å². The molecule has 1 aromatic rings. The minimum Gasteiger partial charge on any atom is -0.515 e. The zero-order valence-electron chi connectivity index (χ0n) is 13.6. The highest BCUT2D eigenvalue weighted by Gasteiger charge is 2.42. The van der Waals surface area contributed by atoms with Crippen LogP contribution in [0.4, 0.5) is 0 Å². The predicted molar refractivity (Wildman–Crippen MR) is 93.8 cm³/mol. The van der Waals surface area contributed by atoms with Gasteiger partial charge in [-0.05, 0) is 31.1 Å². The molecule has 0 atom stereocenters. The van der Waals surface area contributed by atoms with E-state index in [1.165, 1.54) is 23.1 Å². The van der Waals surface area contributed by atoms with Gasteiger partial charge < -0.3 is 10.0 Å². The number of nitrogens with zero attached hydrogens (tertiary/aromatic N) is 1. The van der Waals surface area contributed by atoms with Crippen LogP contribution in [0.25, 0.3) is 0 Å². The van der Waals surface area contributed by atoms with Crippen LogP contribution < -0.4 is 0 Å². The summed E-state index contributed by atoms with van der Waals surface area (Å²) < 4.78 is 0.877. The van der Waals surface area contributed by atoms with Gasteiger partial charge in [-0.3, -0.25) is 9.59 Å². The Morgan fingerprint density at radius 3 is 2.57 bits per heavy atom. The van der Waals surface area contributed by atoms with E-state index in [9.17, 15) is 14.7 Å².